The van der Waals surface area contributed by atoms with E-state index in [1.165, 1.54) is 0 Å². The molecule has 94 valence electrons. The van der Waals surface area contributed by atoms with Gasteiger partial charge >= 0.3 is 5.69 Å². The van der Waals surface area contributed by atoms with Crippen LogP contribution in [0.4, 0.5) is 5.69 Å². The van der Waals surface area contributed by atoms with Gasteiger partial charge in [0, 0.05) is 6.21 Å². The van der Waals surface area contributed by atoms with Gasteiger partial charge in [0.2, 0.25) is 5.88 Å². The van der Waals surface area contributed by atoms with E-state index in [1.54, 1.807) is 6.92 Å². The number of hydrogen-bond donors (Lipinski definition) is 5. The molecule has 2 aromatic rings. The second-order valence-corrected chi connectivity index (χ2v) is 3.48. The first kappa shape index (κ1) is 11.6. The van der Waals surface area contributed by atoms with Crippen molar-refractivity contribution in [1.29, 1.82) is 0 Å². The van der Waals surface area contributed by atoms with Gasteiger partial charge in [-0.2, -0.15) is 0 Å². The molecule has 0 atom stereocenters. The number of aromatic nitrogens is 4. The van der Waals surface area contributed by atoms with Gasteiger partial charge in [-0.15, -0.1) is 0 Å². The molecule has 0 saturated heterocycles. The molecule has 2 aromatic heterocycles. The highest BCUT2D eigenvalue weighted by Gasteiger charge is 2.07. The summed E-state index contributed by atoms with van der Waals surface area (Å²) < 4.78 is 0. The van der Waals surface area contributed by atoms with Crippen LogP contribution in [-0.2, 0) is 0 Å². The minimum absolute atomic E-state index is 0.0833. The van der Waals surface area contributed by atoms with E-state index in [4.69, 9.17) is 0 Å². The minimum atomic E-state index is -0.828. The lowest BCUT2D eigenvalue weighted by atomic mass is 10.3. The van der Waals surface area contributed by atoms with Crippen LogP contribution in [0.25, 0.3) is 0 Å². The van der Waals surface area contributed by atoms with Crippen LogP contribution in [-0.4, -0.2) is 31.5 Å². The lowest BCUT2D eigenvalue weighted by molar-refractivity contribution is 0.447. The molecule has 18 heavy (non-hydrogen) atoms. The van der Waals surface area contributed by atoms with Crippen molar-refractivity contribution in [2.45, 2.75) is 6.92 Å². The second kappa shape index (κ2) is 4.20. The molecular weight excluding hydrogens is 242 g/mol. The van der Waals surface area contributed by atoms with E-state index >= 15 is 0 Å². The Morgan fingerprint density at radius 3 is 2.39 bits per heavy atom. The average molecular weight is 251 g/mol. The Morgan fingerprint density at radius 2 is 1.83 bits per heavy atom. The van der Waals surface area contributed by atoms with E-state index in [0.717, 1.165) is 6.21 Å². The van der Waals surface area contributed by atoms with Gasteiger partial charge in [0.25, 0.3) is 11.1 Å². The number of aryl methyl sites for hydroxylation is 1. The van der Waals surface area contributed by atoms with E-state index in [0.29, 0.717) is 5.69 Å². The van der Waals surface area contributed by atoms with Crippen LogP contribution < -0.4 is 16.8 Å². The number of nitrogens with zero attached hydrogens (tertiary/aromatic N) is 1. The van der Waals surface area contributed by atoms with Crippen molar-refractivity contribution in [1.82, 2.24) is 20.2 Å². The lowest BCUT2D eigenvalue weighted by Gasteiger charge is -1.95. The summed E-state index contributed by atoms with van der Waals surface area (Å²) in [4.78, 5) is 41.2. The number of aromatic hydroxyl groups is 1. The van der Waals surface area contributed by atoms with E-state index in [-0.39, 0.29) is 11.3 Å². The molecule has 2 heterocycles. The summed E-state index contributed by atoms with van der Waals surface area (Å²) in [5.74, 6) is -0.614. The molecule has 0 aliphatic rings. The van der Waals surface area contributed by atoms with Crippen LogP contribution in [0, 0.1) is 6.92 Å². The predicted octanol–water partition coefficient (Wildman–Crippen LogP) is -1.16. The number of nitrogens with one attached hydrogen (secondary N) is 4. The Balaban J connectivity index is 2.51. The minimum Gasteiger partial charge on any atom is -0.494 e. The van der Waals surface area contributed by atoms with Gasteiger partial charge in [0.05, 0.1) is 5.69 Å². The van der Waals surface area contributed by atoms with Crippen molar-refractivity contribution in [3.8, 4) is 5.88 Å². The number of H-pyrrole nitrogens is 4. The first-order valence-electron chi connectivity index (χ1n) is 4.86. The van der Waals surface area contributed by atoms with Crippen LogP contribution in [0.5, 0.6) is 5.88 Å². The maximum Gasteiger partial charge on any atom is 0.328 e. The van der Waals surface area contributed by atoms with Gasteiger partial charge in [-0.1, -0.05) is 0 Å². The van der Waals surface area contributed by atoms with E-state index in [1.807, 2.05) is 9.97 Å². The van der Waals surface area contributed by atoms with Crippen molar-refractivity contribution in [2.75, 3.05) is 0 Å². The molecule has 0 radical (unpaired) electrons. The summed E-state index contributed by atoms with van der Waals surface area (Å²) in [6.07, 6.45) is 0.996. The topological polar surface area (TPSA) is 147 Å². The third-order valence-electron chi connectivity index (χ3n) is 2.22. The van der Waals surface area contributed by atoms with Crippen LogP contribution in [0.15, 0.2) is 19.4 Å². The molecule has 0 unspecified atom stereocenters. The van der Waals surface area contributed by atoms with Gasteiger partial charge in [-0.25, -0.2) is 9.79 Å². The number of aromatic amines is 4. The third-order valence-corrected chi connectivity index (χ3v) is 2.22. The predicted molar refractivity (Wildman–Crippen MR) is 62.8 cm³/mol. The molecule has 0 amide bonds. The molecule has 0 aliphatic heterocycles. The maximum atomic E-state index is 11.4. The van der Waals surface area contributed by atoms with E-state index < -0.39 is 22.7 Å². The van der Waals surface area contributed by atoms with Crippen LogP contribution >= 0.6 is 0 Å². The monoisotopic (exact) mass is 251 g/mol. The summed E-state index contributed by atoms with van der Waals surface area (Å²) >= 11 is 0. The SMILES string of the molecule is Cc1[nH][nH]c(=O)c1N=Cc1c(O)[nH]c(=O)[nH]c1=O. The van der Waals surface area contributed by atoms with Gasteiger partial charge < -0.3 is 10.2 Å². The molecule has 0 spiro atoms. The fraction of sp³-hybridized carbons (Fsp3) is 0.111. The summed E-state index contributed by atoms with van der Waals surface area (Å²) in [5, 5.41) is 14.2. The Morgan fingerprint density at radius 1 is 1.11 bits per heavy atom. The number of hydrogen-bond acceptors (Lipinski definition) is 5. The molecule has 9 heteroatoms. The standard InChI is InChI=1S/C9H9N5O4/c1-3-5(8(17)14-13-3)10-2-4-6(15)11-9(18)12-7(4)16/h2H,1H3,(H2,13,14,17)(H3,11,12,15,16,18). The zero-order valence-electron chi connectivity index (χ0n) is 9.20. The van der Waals surface area contributed by atoms with Crippen molar-refractivity contribution < 1.29 is 5.11 Å². The average Bonchev–Trinajstić information content (AvgIpc) is 2.58. The molecular formula is C9H9N5O4. The highest BCUT2D eigenvalue weighted by molar-refractivity contribution is 5.83. The zero-order valence-corrected chi connectivity index (χ0v) is 9.20. The molecule has 0 aliphatic carbocycles. The molecule has 0 fully saturated rings. The third kappa shape index (κ3) is 2.00. The van der Waals surface area contributed by atoms with Gasteiger partial charge in [-0.05, 0) is 6.92 Å². The highest BCUT2D eigenvalue weighted by Crippen LogP contribution is 2.09. The second-order valence-electron chi connectivity index (χ2n) is 3.48. The van der Waals surface area contributed by atoms with Gasteiger partial charge in [0.15, 0.2) is 0 Å². The lowest BCUT2D eigenvalue weighted by Crippen LogP contribution is -2.24. The van der Waals surface area contributed by atoms with Crippen molar-refractivity contribution >= 4 is 11.9 Å². The van der Waals surface area contributed by atoms with E-state index in [2.05, 4.69) is 15.2 Å². The smallest absolute Gasteiger partial charge is 0.328 e. The van der Waals surface area contributed by atoms with E-state index in [9.17, 15) is 19.5 Å². The Kier molecular flexibility index (Phi) is 2.72. The molecule has 0 bridgehead atoms. The Labute approximate surface area is 98.2 Å². The van der Waals surface area contributed by atoms with Crippen LogP contribution in [0.2, 0.25) is 0 Å². The van der Waals surface area contributed by atoms with Crippen LogP contribution in [0.1, 0.15) is 11.3 Å². The number of rotatable bonds is 2. The van der Waals surface area contributed by atoms with Gasteiger partial charge in [0.1, 0.15) is 11.3 Å². The number of aliphatic imine (C=N–C) groups is 1. The van der Waals surface area contributed by atoms with Crippen LogP contribution in [0.3, 0.4) is 0 Å². The first-order chi connectivity index (χ1) is 8.49. The Hall–Kier alpha value is -2.84. The van der Waals surface area contributed by atoms with Gasteiger partial charge in [-0.3, -0.25) is 24.7 Å². The highest BCUT2D eigenvalue weighted by atomic mass is 16.3. The summed E-state index contributed by atoms with van der Waals surface area (Å²) in [7, 11) is 0. The molecule has 2 rings (SSSR count). The quantitative estimate of drug-likeness (QED) is 0.428. The summed E-state index contributed by atoms with van der Waals surface area (Å²) in [5.41, 5.74) is -1.76. The fourth-order valence-electron chi connectivity index (χ4n) is 1.33. The fourth-order valence-corrected chi connectivity index (χ4v) is 1.33. The molecule has 0 saturated carbocycles. The molecule has 0 aromatic carbocycles. The summed E-state index contributed by atoms with van der Waals surface area (Å²) in [6.45, 7) is 1.61. The van der Waals surface area contributed by atoms with Crippen molar-refractivity contribution in [2.24, 2.45) is 4.99 Å². The largest absolute Gasteiger partial charge is 0.494 e. The van der Waals surface area contributed by atoms with Crippen molar-refractivity contribution in [3.05, 3.63) is 42.4 Å². The van der Waals surface area contributed by atoms with Crippen molar-refractivity contribution in [3.63, 3.8) is 0 Å². The zero-order chi connectivity index (χ0) is 13.3. The molecule has 9 nitrogen and oxygen atoms in total. The Bertz CT molecular complexity index is 775. The molecule has 5 N–H and O–H groups in total. The maximum absolute atomic E-state index is 11.4. The first-order valence-corrected chi connectivity index (χ1v) is 4.86. The normalized spacial score (nSPS) is 11.2. The summed E-state index contributed by atoms with van der Waals surface area (Å²) in [6, 6.07) is 0.